The van der Waals surface area contributed by atoms with Gasteiger partial charge in [0.1, 0.15) is 5.01 Å². The maximum Gasteiger partial charge on any atom is 0.358 e. The van der Waals surface area contributed by atoms with Gasteiger partial charge in [-0.05, 0) is 32.0 Å². The Hall–Kier alpha value is -1.10. The molecular weight excluding hydrogens is 305 g/mol. The highest BCUT2D eigenvalue weighted by Crippen LogP contribution is 2.34. The summed E-state index contributed by atoms with van der Waals surface area (Å²) in [4.78, 5) is 16.8. The maximum atomic E-state index is 11.7. The SMILES string of the molecule is CCOC(=O)c1nc(-c2cc(Cl)ccc2Cl)sc1C. The Labute approximate surface area is 125 Å². The van der Waals surface area contributed by atoms with Gasteiger partial charge in [0, 0.05) is 15.5 Å². The number of carbonyl (C=O) groups is 1. The smallest absolute Gasteiger partial charge is 0.358 e. The Morgan fingerprint density at radius 3 is 2.84 bits per heavy atom. The fourth-order valence-corrected chi connectivity index (χ4v) is 2.93. The number of halogens is 2. The maximum absolute atomic E-state index is 11.7. The molecule has 3 nitrogen and oxygen atoms in total. The first-order valence-electron chi connectivity index (χ1n) is 5.63. The summed E-state index contributed by atoms with van der Waals surface area (Å²) in [5.74, 6) is -0.416. The Morgan fingerprint density at radius 1 is 1.42 bits per heavy atom. The molecule has 2 aromatic rings. The molecule has 6 heteroatoms. The van der Waals surface area contributed by atoms with Gasteiger partial charge in [0.15, 0.2) is 5.69 Å². The van der Waals surface area contributed by atoms with E-state index in [1.54, 1.807) is 25.1 Å². The van der Waals surface area contributed by atoms with Gasteiger partial charge in [0.2, 0.25) is 0 Å². The zero-order valence-corrected chi connectivity index (χ0v) is 12.7. The Kier molecular flexibility index (Phi) is 4.45. The Morgan fingerprint density at radius 2 is 2.16 bits per heavy atom. The van der Waals surface area contributed by atoms with Gasteiger partial charge in [0.25, 0.3) is 0 Å². The van der Waals surface area contributed by atoms with Crippen LogP contribution in [-0.2, 0) is 4.74 Å². The number of carbonyl (C=O) groups excluding carboxylic acids is 1. The zero-order valence-electron chi connectivity index (χ0n) is 10.4. The normalized spacial score (nSPS) is 10.5. The summed E-state index contributed by atoms with van der Waals surface area (Å²) in [5.41, 5.74) is 1.05. The first kappa shape index (κ1) is 14.3. The van der Waals surface area contributed by atoms with Crippen molar-refractivity contribution in [3.8, 4) is 10.6 Å². The van der Waals surface area contributed by atoms with E-state index in [1.807, 2.05) is 6.92 Å². The molecule has 0 atom stereocenters. The summed E-state index contributed by atoms with van der Waals surface area (Å²) in [7, 11) is 0. The van der Waals surface area contributed by atoms with Crippen LogP contribution in [0.3, 0.4) is 0 Å². The third-order valence-electron chi connectivity index (χ3n) is 2.42. The number of hydrogen-bond acceptors (Lipinski definition) is 4. The van der Waals surface area contributed by atoms with Gasteiger partial charge in [-0.25, -0.2) is 9.78 Å². The monoisotopic (exact) mass is 315 g/mol. The molecule has 0 fully saturated rings. The second-order valence-electron chi connectivity index (χ2n) is 3.77. The van der Waals surface area contributed by atoms with E-state index in [0.29, 0.717) is 27.4 Å². The number of aryl methyl sites for hydroxylation is 1. The fraction of sp³-hybridized carbons (Fsp3) is 0.231. The topological polar surface area (TPSA) is 39.2 Å². The number of thiazole rings is 1. The van der Waals surface area contributed by atoms with Crippen molar-refractivity contribution in [2.75, 3.05) is 6.61 Å². The van der Waals surface area contributed by atoms with Gasteiger partial charge < -0.3 is 4.74 Å². The highest BCUT2D eigenvalue weighted by Gasteiger charge is 2.18. The predicted octanol–water partition coefficient (Wildman–Crippen LogP) is 4.60. The molecule has 1 aromatic carbocycles. The van der Waals surface area contributed by atoms with Crippen LogP contribution in [0.5, 0.6) is 0 Å². The van der Waals surface area contributed by atoms with Crippen LogP contribution in [0.1, 0.15) is 22.3 Å². The number of hydrogen-bond donors (Lipinski definition) is 0. The molecule has 0 aliphatic heterocycles. The molecular formula is C13H11Cl2NO2S. The van der Waals surface area contributed by atoms with E-state index in [-0.39, 0.29) is 0 Å². The van der Waals surface area contributed by atoms with Gasteiger partial charge >= 0.3 is 5.97 Å². The van der Waals surface area contributed by atoms with Crippen molar-refractivity contribution in [1.82, 2.24) is 4.98 Å². The molecule has 2 rings (SSSR count). The molecule has 0 radical (unpaired) electrons. The number of esters is 1. The quantitative estimate of drug-likeness (QED) is 0.777. The third kappa shape index (κ3) is 3.08. The lowest BCUT2D eigenvalue weighted by atomic mass is 10.2. The summed E-state index contributed by atoms with van der Waals surface area (Å²) in [5, 5.41) is 1.78. The van der Waals surface area contributed by atoms with Crippen molar-refractivity contribution < 1.29 is 9.53 Å². The van der Waals surface area contributed by atoms with Crippen molar-refractivity contribution in [3.63, 3.8) is 0 Å². The Bertz CT molecular complexity index is 625. The number of benzene rings is 1. The number of aromatic nitrogens is 1. The molecule has 0 aliphatic carbocycles. The van der Waals surface area contributed by atoms with Crippen molar-refractivity contribution in [1.29, 1.82) is 0 Å². The van der Waals surface area contributed by atoms with Crippen molar-refractivity contribution in [2.45, 2.75) is 13.8 Å². The minimum atomic E-state index is -0.416. The predicted molar refractivity (Wildman–Crippen MR) is 78.3 cm³/mol. The van der Waals surface area contributed by atoms with Gasteiger partial charge in [-0.3, -0.25) is 0 Å². The van der Waals surface area contributed by atoms with Gasteiger partial charge in [-0.2, -0.15) is 0 Å². The zero-order chi connectivity index (χ0) is 14.0. The van der Waals surface area contributed by atoms with Gasteiger partial charge in [0.05, 0.1) is 11.6 Å². The first-order chi connectivity index (χ1) is 9.02. The summed E-state index contributed by atoms with van der Waals surface area (Å²) in [6.07, 6.45) is 0. The molecule has 0 aliphatic rings. The average molecular weight is 316 g/mol. The van der Waals surface area contributed by atoms with Crippen LogP contribution >= 0.6 is 34.5 Å². The van der Waals surface area contributed by atoms with E-state index in [0.717, 1.165) is 10.4 Å². The number of nitrogens with zero attached hydrogens (tertiary/aromatic N) is 1. The van der Waals surface area contributed by atoms with E-state index >= 15 is 0 Å². The fourth-order valence-electron chi connectivity index (χ4n) is 1.56. The number of ether oxygens (including phenoxy) is 1. The van der Waals surface area contributed by atoms with Crippen molar-refractivity contribution in [2.24, 2.45) is 0 Å². The summed E-state index contributed by atoms with van der Waals surface area (Å²) >= 11 is 13.5. The van der Waals surface area contributed by atoms with Crippen LogP contribution in [0.15, 0.2) is 18.2 Å². The van der Waals surface area contributed by atoms with Crippen LogP contribution in [0.2, 0.25) is 10.0 Å². The van der Waals surface area contributed by atoms with E-state index in [4.69, 9.17) is 27.9 Å². The second-order valence-corrected chi connectivity index (χ2v) is 5.82. The summed E-state index contributed by atoms with van der Waals surface area (Å²) in [6, 6.07) is 5.15. The molecule has 0 saturated carbocycles. The van der Waals surface area contributed by atoms with Crippen LogP contribution in [0, 0.1) is 6.92 Å². The standard InChI is InChI=1S/C13H11Cl2NO2S/c1-3-18-13(17)11-7(2)19-12(16-11)9-6-8(14)4-5-10(9)15/h4-6H,3H2,1-2H3. The molecule has 0 N–H and O–H groups in total. The molecule has 100 valence electrons. The summed E-state index contributed by atoms with van der Waals surface area (Å²) in [6.45, 7) is 3.91. The van der Waals surface area contributed by atoms with Crippen LogP contribution in [0.4, 0.5) is 0 Å². The molecule has 0 bridgehead atoms. The highest BCUT2D eigenvalue weighted by molar-refractivity contribution is 7.15. The lowest BCUT2D eigenvalue weighted by molar-refractivity contribution is 0.0519. The first-order valence-corrected chi connectivity index (χ1v) is 7.20. The molecule has 0 unspecified atom stereocenters. The molecule has 0 saturated heterocycles. The molecule has 19 heavy (non-hydrogen) atoms. The largest absolute Gasteiger partial charge is 0.461 e. The second kappa shape index (κ2) is 5.90. The Balaban J connectivity index is 2.44. The summed E-state index contributed by atoms with van der Waals surface area (Å²) < 4.78 is 4.96. The van der Waals surface area contributed by atoms with E-state index in [1.165, 1.54) is 11.3 Å². The number of rotatable bonds is 3. The van der Waals surface area contributed by atoms with Crippen LogP contribution < -0.4 is 0 Å². The molecule has 1 aromatic heterocycles. The minimum Gasteiger partial charge on any atom is -0.461 e. The van der Waals surface area contributed by atoms with Crippen molar-refractivity contribution in [3.05, 3.63) is 38.8 Å². The third-order valence-corrected chi connectivity index (χ3v) is 3.99. The van der Waals surface area contributed by atoms with Gasteiger partial charge in [-0.1, -0.05) is 23.2 Å². The highest BCUT2D eigenvalue weighted by atomic mass is 35.5. The van der Waals surface area contributed by atoms with Crippen LogP contribution in [-0.4, -0.2) is 17.6 Å². The molecule has 0 amide bonds. The minimum absolute atomic E-state index is 0.322. The lowest BCUT2D eigenvalue weighted by Gasteiger charge is -2.00. The van der Waals surface area contributed by atoms with Crippen LogP contribution in [0.25, 0.3) is 10.6 Å². The average Bonchev–Trinajstić information content (AvgIpc) is 2.74. The van der Waals surface area contributed by atoms with Crippen molar-refractivity contribution >= 4 is 40.5 Å². The van der Waals surface area contributed by atoms with E-state index in [2.05, 4.69) is 4.98 Å². The van der Waals surface area contributed by atoms with E-state index in [9.17, 15) is 4.79 Å². The molecule has 1 heterocycles. The molecule has 0 spiro atoms. The van der Waals surface area contributed by atoms with E-state index < -0.39 is 5.97 Å². The van der Waals surface area contributed by atoms with Gasteiger partial charge in [-0.15, -0.1) is 11.3 Å². The lowest BCUT2D eigenvalue weighted by Crippen LogP contribution is -2.06.